The summed E-state index contributed by atoms with van der Waals surface area (Å²) in [5.41, 5.74) is 0.0733. The van der Waals surface area contributed by atoms with E-state index in [2.05, 4.69) is 15.5 Å². The Morgan fingerprint density at radius 3 is 3.00 bits per heavy atom. The highest BCUT2D eigenvalue weighted by Gasteiger charge is 2.10. The Bertz CT molecular complexity index is 605. The number of anilines is 1. The molecule has 0 saturated carbocycles. The predicted octanol–water partition coefficient (Wildman–Crippen LogP) is 1.52. The molecule has 0 atom stereocenters. The Morgan fingerprint density at radius 1 is 1.58 bits per heavy atom. The van der Waals surface area contributed by atoms with E-state index in [1.54, 1.807) is 0 Å². The van der Waals surface area contributed by atoms with Crippen molar-refractivity contribution >= 4 is 35.0 Å². The van der Waals surface area contributed by atoms with E-state index in [0.29, 0.717) is 5.16 Å². The van der Waals surface area contributed by atoms with Crippen LogP contribution in [0, 0.1) is 5.82 Å². The highest BCUT2D eigenvalue weighted by molar-refractivity contribution is 7.99. The maximum absolute atomic E-state index is 13.4. The van der Waals surface area contributed by atoms with Crippen LogP contribution < -0.4 is 11.2 Å². The minimum Gasteiger partial charge on any atom is -0.336 e. The Balaban J connectivity index is 1.93. The molecule has 0 bridgehead atoms. The first kappa shape index (κ1) is 13.6. The van der Waals surface area contributed by atoms with Gasteiger partial charge in [0, 0.05) is 5.02 Å². The van der Waals surface area contributed by atoms with Crippen molar-refractivity contribution in [1.29, 1.82) is 0 Å². The van der Waals surface area contributed by atoms with Crippen molar-refractivity contribution in [3.05, 3.63) is 35.4 Å². The van der Waals surface area contributed by atoms with Gasteiger partial charge in [-0.25, -0.2) is 9.07 Å². The number of nitrogens with one attached hydrogen (secondary N) is 1. The molecule has 0 aliphatic heterocycles. The molecule has 0 unspecified atom stereocenters. The smallest absolute Gasteiger partial charge is 0.234 e. The van der Waals surface area contributed by atoms with Gasteiger partial charge in [-0.2, -0.15) is 0 Å². The van der Waals surface area contributed by atoms with Gasteiger partial charge in [0.1, 0.15) is 12.1 Å². The second kappa shape index (κ2) is 5.89. The second-order valence-electron chi connectivity index (χ2n) is 3.48. The number of aromatic nitrogens is 3. The van der Waals surface area contributed by atoms with E-state index in [9.17, 15) is 9.18 Å². The molecular formula is C10H9ClFN5OS. The van der Waals surface area contributed by atoms with Crippen LogP contribution in [0.2, 0.25) is 5.02 Å². The molecule has 1 amide bonds. The maximum atomic E-state index is 13.4. The monoisotopic (exact) mass is 301 g/mol. The third kappa shape index (κ3) is 3.58. The number of amides is 1. The minimum atomic E-state index is -0.590. The molecule has 3 N–H and O–H groups in total. The number of hydrogen-bond acceptors (Lipinski definition) is 5. The summed E-state index contributed by atoms with van der Waals surface area (Å²) in [4.78, 5) is 11.6. The molecule has 0 radical (unpaired) electrons. The first-order valence-electron chi connectivity index (χ1n) is 5.09. The molecule has 1 aromatic carbocycles. The third-order valence-electron chi connectivity index (χ3n) is 2.08. The van der Waals surface area contributed by atoms with E-state index in [1.807, 2.05) is 0 Å². The normalized spacial score (nSPS) is 10.4. The number of nitrogens with zero attached hydrogens (tertiary/aromatic N) is 3. The van der Waals surface area contributed by atoms with Gasteiger partial charge in [-0.05, 0) is 18.2 Å². The van der Waals surface area contributed by atoms with Crippen LogP contribution in [0.1, 0.15) is 0 Å². The summed E-state index contributed by atoms with van der Waals surface area (Å²) in [6.45, 7) is 0. The fraction of sp³-hybridized carbons (Fsp3) is 0.100. The molecule has 0 saturated heterocycles. The highest BCUT2D eigenvalue weighted by Crippen LogP contribution is 2.19. The molecule has 0 fully saturated rings. The standard InChI is InChI=1S/C10H9ClFN5OS/c11-6-1-2-8(7(12)3-6)15-9(18)4-19-10-16-14-5-17(10)13/h1-3,5H,4,13H2,(H,15,18). The van der Waals surface area contributed by atoms with Crippen molar-refractivity contribution in [2.24, 2.45) is 0 Å². The largest absolute Gasteiger partial charge is 0.336 e. The molecule has 100 valence electrons. The molecule has 0 aliphatic carbocycles. The van der Waals surface area contributed by atoms with Crippen molar-refractivity contribution in [2.45, 2.75) is 5.16 Å². The number of halogens is 2. The fourth-order valence-corrected chi connectivity index (χ4v) is 2.03. The Labute approximate surface area is 117 Å². The van der Waals surface area contributed by atoms with E-state index in [0.717, 1.165) is 17.8 Å². The lowest BCUT2D eigenvalue weighted by molar-refractivity contribution is -0.113. The number of benzene rings is 1. The summed E-state index contributed by atoms with van der Waals surface area (Å²) in [6, 6.07) is 4.01. The zero-order chi connectivity index (χ0) is 13.8. The highest BCUT2D eigenvalue weighted by atomic mass is 35.5. The quantitative estimate of drug-likeness (QED) is 0.660. The number of carbonyl (C=O) groups excluding carboxylic acids is 1. The molecule has 6 nitrogen and oxygen atoms in total. The van der Waals surface area contributed by atoms with Crippen molar-refractivity contribution in [2.75, 3.05) is 16.9 Å². The Kier molecular flexibility index (Phi) is 4.23. The lowest BCUT2D eigenvalue weighted by atomic mass is 10.3. The zero-order valence-electron chi connectivity index (χ0n) is 9.51. The fourth-order valence-electron chi connectivity index (χ4n) is 1.24. The van der Waals surface area contributed by atoms with Crippen LogP contribution in [0.3, 0.4) is 0 Å². The van der Waals surface area contributed by atoms with Crippen LogP contribution in [0.4, 0.5) is 10.1 Å². The molecule has 1 aromatic heterocycles. The van der Waals surface area contributed by atoms with Gasteiger partial charge in [0.15, 0.2) is 0 Å². The van der Waals surface area contributed by atoms with Gasteiger partial charge in [-0.15, -0.1) is 10.2 Å². The Morgan fingerprint density at radius 2 is 2.37 bits per heavy atom. The van der Waals surface area contributed by atoms with Crippen molar-refractivity contribution < 1.29 is 9.18 Å². The van der Waals surface area contributed by atoms with Crippen LogP contribution in [0.15, 0.2) is 29.7 Å². The average Bonchev–Trinajstić information content (AvgIpc) is 2.76. The van der Waals surface area contributed by atoms with E-state index < -0.39 is 5.82 Å². The molecule has 0 aliphatic rings. The van der Waals surface area contributed by atoms with Crippen LogP contribution in [0.5, 0.6) is 0 Å². The first-order valence-corrected chi connectivity index (χ1v) is 6.45. The number of nitrogen functional groups attached to an aromatic ring is 1. The summed E-state index contributed by atoms with van der Waals surface area (Å²) >= 11 is 6.70. The van der Waals surface area contributed by atoms with Gasteiger partial charge in [-0.3, -0.25) is 4.79 Å². The summed E-state index contributed by atoms with van der Waals surface area (Å²) in [7, 11) is 0. The number of thioether (sulfide) groups is 1. The molecule has 9 heteroatoms. The zero-order valence-corrected chi connectivity index (χ0v) is 11.1. The molecule has 1 heterocycles. The van der Waals surface area contributed by atoms with Gasteiger partial charge in [0.2, 0.25) is 11.1 Å². The van der Waals surface area contributed by atoms with Gasteiger partial charge in [0.05, 0.1) is 11.4 Å². The van der Waals surface area contributed by atoms with Gasteiger partial charge < -0.3 is 11.2 Å². The average molecular weight is 302 g/mol. The van der Waals surface area contributed by atoms with E-state index in [-0.39, 0.29) is 22.4 Å². The van der Waals surface area contributed by atoms with Gasteiger partial charge in [-0.1, -0.05) is 23.4 Å². The lowest BCUT2D eigenvalue weighted by Crippen LogP contribution is -2.16. The SMILES string of the molecule is Nn1cnnc1SCC(=O)Nc1ccc(Cl)cc1F. The van der Waals surface area contributed by atoms with Crippen molar-refractivity contribution in [1.82, 2.24) is 14.9 Å². The van der Waals surface area contributed by atoms with E-state index in [4.69, 9.17) is 17.4 Å². The molecular weight excluding hydrogens is 293 g/mol. The number of nitrogens with two attached hydrogens (primary N) is 1. The predicted molar refractivity (Wildman–Crippen MR) is 70.9 cm³/mol. The maximum Gasteiger partial charge on any atom is 0.234 e. The van der Waals surface area contributed by atoms with E-state index >= 15 is 0 Å². The molecule has 2 rings (SSSR count). The minimum absolute atomic E-state index is 0.0396. The topological polar surface area (TPSA) is 85.8 Å². The number of hydrogen-bond donors (Lipinski definition) is 2. The van der Waals surface area contributed by atoms with Crippen LogP contribution in [-0.4, -0.2) is 26.5 Å². The Hall–Kier alpha value is -1.80. The number of rotatable bonds is 4. The van der Waals surface area contributed by atoms with Crippen LogP contribution in [0.25, 0.3) is 0 Å². The summed E-state index contributed by atoms with van der Waals surface area (Å²) in [5.74, 6) is 4.55. The summed E-state index contributed by atoms with van der Waals surface area (Å²) in [6.07, 6.45) is 1.32. The van der Waals surface area contributed by atoms with Crippen molar-refractivity contribution in [3.8, 4) is 0 Å². The van der Waals surface area contributed by atoms with Gasteiger partial charge in [0.25, 0.3) is 0 Å². The first-order chi connectivity index (χ1) is 9.06. The summed E-state index contributed by atoms with van der Waals surface area (Å²) < 4.78 is 14.6. The molecule has 0 spiro atoms. The van der Waals surface area contributed by atoms with Crippen molar-refractivity contribution in [3.63, 3.8) is 0 Å². The third-order valence-corrected chi connectivity index (χ3v) is 3.27. The summed E-state index contributed by atoms with van der Waals surface area (Å²) in [5, 5.41) is 10.4. The van der Waals surface area contributed by atoms with Crippen LogP contribution in [-0.2, 0) is 4.79 Å². The van der Waals surface area contributed by atoms with E-state index in [1.165, 1.54) is 23.1 Å². The van der Waals surface area contributed by atoms with Crippen LogP contribution >= 0.6 is 23.4 Å². The number of carbonyl (C=O) groups is 1. The lowest BCUT2D eigenvalue weighted by Gasteiger charge is -2.06. The molecule has 19 heavy (non-hydrogen) atoms. The second-order valence-corrected chi connectivity index (χ2v) is 4.86. The van der Waals surface area contributed by atoms with Gasteiger partial charge >= 0.3 is 0 Å². The molecule has 2 aromatic rings.